The third-order valence-electron chi connectivity index (χ3n) is 3.50. The van der Waals surface area contributed by atoms with E-state index >= 15 is 0 Å². The second kappa shape index (κ2) is 6.53. The van der Waals surface area contributed by atoms with Crippen molar-refractivity contribution in [3.05, 3.63) is 35.4 Å². The van der Waals surface area contributed by atoms with Crippen molar-refractivity contribution in [2.45, 2.75) is 43.5 Å². The lowest BCUT2D eigenvalue weighted by Crippen LogP contribution is -2.39. The Morgan fingerprint density at radius 2 is 1.83 bits per heavy atom. The molecule has 1 aliphatic carbocycles. The highest BCUT2D eigenvalue weighted by atomic mass is 32.2. The van der Waals surface area contributed by atoms with E-state index in [9.17, 15) is 8.78 Å². The summed E-state index contributed by atoms with van der Waals surface area (Å²) in [5, 5.41) is 4.06. The molecule has 100 valence electrons. The first-order valence-electron chi connectivity index (χ1n) is 6.40. The molecule has 4 heteroatoms. The van der Waals surface area contributed by atoms with E-state index in [-0.39, 0.29) is 0 Å². The Balaban J connectivity index is 1.93. The number of hydrogen-bond donors (Lipinski definition) is 1. The van der Waals surface area contributed by atoms with Crippen molar-refractivity contribution in [2.75, 3.05) is 6.26 Å². The highest BCUT2D eigenvalue weighted by molar-refractivity contribution is 7.99. The summed E-state index contributed by atoms with van der Waals surface area (Å²) in [6.45, 7) is 0.538. The smallest absolute Gasteiger partial charge is 0.126 e. The summed E-state index contributed by atoms with van der Waals surface area (Å²) < 4.78 is 26.1. The molecule has 0 bridgehead atoms. The molecule has 0 radical (unpaired) electrons. The Morgan fingerprint density at radius 3 is 2.50 bits per heavy atom. The predicted molar refractivity (Wildman–Crippen MR) is 72.8 cm³/mol. The number of thioether (sulfide) groups is 1. The minimum atomic E-state index is -0.503. The lowest BCUT2D eigenvalue weighted by atomic mass is 9.94. The maximum Gasteiger partial charge on any atom is 0.126 e. The fraction of sp³-hybridized carbons (Fsp3) is 0.571. The van der Waals surface area contributed by atoms with Crippen LogP contribution in [-0.2, 0) is 6.54 Å². The summed E-state index contributed by atoms with van der Waals surface area (Å²) in [5.74, 6) is -1.01. The van der Waals surface area contributed by atoms with Gasteiger partial charge in [0.1, 0.15) is 11.6 Å². The Bertz CT molecular complexity index is 377. The largest absolute Gasteiger partial charge is 0.309 e. The van der Waals surface area contributed by atoms with Gasteiger partial charge in [-0.25, -0.2) is 8.78 Å². The molecular formula is C14H19F2NS. The van der Waals surface area contributed by atoms with Gasteiger partial charge in [-0.05, 0) is 36.8 Å². The van der Waals surface area contributed by atoms with E-state index in [0.717, 1.165) is 12.5 Å². The van der Waals surface area contributed by atoms with Crippen LogP contribution in [0.3, 0.4) is 0 Å². The van der Waals surface area contributed by atoms with Crippen LogP contribution < -0.4 is 5.32 Å². The Labute approximate surface area is 111 Å². The predicted octanol–water partition coefficient (Wildman–Crippen LogP) is 3.73. The van der Waals surface area contributed by atoms with Crippen LogP contribution in [0.15, 0.2) is 18.2 Å². The highest BCUT2D eigenvalue weighted by Gasteiger charge is 2.23. The van der Waals surface area contributed by atoms with E-state index in [1.165, 1.54) is 31.4 Å². The van der Waals surface area contributed by atoms with Gasteiger partial charge in [-0.1, -0.05) is 12.8 Å². The molecule has 1 aromatic carbocycles. The topological polar surface area (TPSA) is 12.0 Å². The van der Waals surface area contributed by atoms with Crippen LogP contribution in [0.1, 0.15) is 31.2 Å². The SMILES string of the molecule is CSC1CCCCC1NCc1cc(F)cc(F)c1. The first-order valence-corrected chi connectivity index (χ1v) is 7.69. The third-order valence-corrected chi connectivity index (χ3v) is 4.67. The van der Waals surface area contributed by atoms with Crippen LogP contribution in [0.2, 0.25) is 0 Å². The van der Waals surface area contributed by atoms with E-state index in [1.54, 1.807) is 0 Å². The van der Waals surface area contributed by atoms with Crippen molar-refractivity contribution >= 4 is 11.8 Å². The van der Waals surface area contributed by atoms with Crippen LogP contribution in [-0.4, -0.2) is 17.5 Å². The van der Waals surface area contributed by atoms with Gasteiger partial charge in [-0.2, -0.15) is 11.8 Å². The van der Waals surface area contributed by atoms with Crippen LogP contribution in [0.4, 0.5) is 8.78 Å². The number of hydrogen-bond acceptors (Lipinski definition) is 2. The Hall–Kier alpha value is -0.610. The number of rotatable bonds is 4. The van der Waals surface area contributed by atoms with Crippen molar-refractivity contribution < 1.29 is 8.78 Å². The average Bonchev–Trinajstić information content (AvgIpc) is 2.35. The zero-order valence-electron chi connectivity index (χ0n) is 10.6. The molecule has 2 rings (SSSR count). The van der Waals surface area contributed by atoms with E-state index in [1.807, 2.05) is 11.8 Å². The van der Waals surface area contributed by atoms with E-state index < -0.39 is 11.6 Å². The second-order valence-corrected chi connectivity index (χ2v) is 5.90. The fourth-order valence-corrected chi connectivity index (χ4v) is 3.54. The van der Waals surface area contributed by atoms with Crippen molar-refractivity contribution in [1.29, 1.82) is 0 Å². The molecule has 1 aromatic rings. The average molecular weight is 271 g/mol. The third kappa shape index (κ3) is 3.69. The minimum Gasteiger partial charge on any atom is -0.309 e. The van der Waals surface area contributed by atoms with Crippen LogP contribution in [0, 0.1) is 11.6 Å². The molecule has 1 nitrogen and oxygen atoms in total. The summed E-state index contributed by atoms with van der Waals surface area (Å²) in [5.41, 5.74) is 0.679. The molecule has 0 aromatic heterocycles. The summed E-state index contributed by atoms with van der Waals surface area (Å²) in [4.78, 5) is 0. The van der Waals surface area contributed by atoms with Gasteiger partial charge in [0.15, 0.2) is 0 Å². The summed E-state index contributed by atoms with van der Waals surface area (Å²) >= 11 is 1.88. The van der Waals surface area contributed by atoms with E-state index in [4.69, 9.17) is 0 Å². The molecule has 1 aliphatic rings. The molecule has 0 heterocycles. The van der Waals surface area contributed by atoms with Crippen molar-refractivity contribution in [3.8, 4) is 0 Å². The fourth-order valence-electron chi connectivity index (χ4n) is 2.57. The normalized spacial score (nSPS) is 24.2. The molecule has 18 heavy (non-hydrogen) atoms. The molecule has 0 spiro atoms. The van der Waals surface area contributed by atoms with Gasteiger partial charge in [-0.3, -0.25) is 0 Å². The zero-order valence-corrected chi connectivity index (χ0v) is 11.4. The molecule has 1 fully saturated rings. The van der Waals surface area contributed by atoms with Gasteiger partial charge in [0, 0.05) is 23.9 Å². The first kappa shape index (κ1) is 13.8. The Kier molecular flexibility index (Phi) is 5.01. The van der Waals surface area contributed by atoms with Crippen molar-refractivity contribution in [1.82, 2.24) is 5.32 Å². The number of benzene rings is 1. The molecule has 1 N–H and O–H groups in total. The van der Waals surface area contributed by atoms with E-state index in [0.29, 0.717) is 23.4 Å². The van der Waals surface area contributed by atoms with Gasteiger partial charge >= 0.3 is 0 Å². The molecule has 1 saturated carbocycles. The quantitative estimate of drug-likeness (QED) is 0.895. The van der Waals surface area contributed by atoms with Crippen LogP contribution in [0.25, 0.3) is 0 Å². The number of halogens is 2. The van der Waals surface area contributed by atoms with Gasteiger partial charge < -0.3 is 5.32 Å². The van der Waals surface area contributed by atoms with E-state index in [2.05, 4.69) is 11.6 Å². The van der Waals surface area contributed by atoms with Crippen LogP contribution in [0.5, 0.6) is 0 Å². The highest BCUT2D eigenvalue weighted by Crippen LogP contribution is 2.27. The molecular weight excluding hydrogens is 252 g/mol. The lowest BCUT2D eigenvalue weighted by Gasteiger charge is -2.31. The molecule has 0 aliphatic heterocycles. The first-order chi connectivity index (χ1) is 8.69. The monoisotopic (exact) mass is 271 g/mol. The van der Waals surface area contributed by atoms with Gasteiger partial charge in [0.2, 0.25) is 0 Å². The maximum absolute atomic E-state index is 13.1. The summed E-state index contributed by atoms with van der Waals surface area (Å²) in [6.07, 6.45) is 7.05. The van der Waals surface area contributed by atoms with Crippen molar-refractivity contribution in [3.63, 3.8) is 0 Å². The van der Waals surface area contributed by atoms with Crippen LogP contribution >= 0.6 is 11.8 Å². The molecule has 0 amide bonds. The number of nitrogens with one attached hydrogen (secondary N) is 1. The second-order valence-electron chi connectivity index (χ2n) is 4.82. The van der Waals surface area contributed by atoms with Gasteiger partial charge in [0.25, 0.3) is 0 Å². The maximum atomic E-state index is 13.1. The molecule has 2 unspecified atom stereocenters. The van der Waals surface area contributed by atoms with Gasteiger partial charge in [0.05, 0.1) is 0 Å². The van der Waals surface area contributed by atoms with Gasteiger partial charge in [-0.15, -0.1) is 0 Å². The summed E-state index contributed by atoms with van der Waals surface area (Å²) in [6, 6.07) is 4.16. The molecule has 2 atom stereocenters. The van der Waals surface area contributed by atoms with Crippen molar-refractivity contribution in [2.24, 2.45) is 0 Å². The lowest BCUT2D eigenvalue weighted by molar-refractivity contribution is 0.382. The Morgan fingerprint density at radius 1 is 1.17 bits per heavy atom. The molecule has 0 saturated heterocycles. The standard InChI is InChI=1S/C14H19F2NS/c1-18-14-5-3-2-4-13(14)17-9-10-6-11(15)8-12(16)7-10/h6-8,13-14,17H,2-5,9H2,1H3. The minimum absolute atomic E-state index is 0.458. The zero-order chi connectivity index (χ0) is 13.0. The summed E-state index contributed by atoms with van der Waals surface area (Å²) in [7, 11) is 0.